The average Bonchev–Trinajstić information content (AvgIpc) is 2.31. The lowest BCUT2D eigenvalue weighted by Crippen LogP contribution is -2.39. The van der Waals surface area contributed by atoms with Crippen LogP contribution in [-0.2, 0) is 4.74 Å². The molecule has 0 aliphatic carbocycles. The standard InChI is InChI=1S/C13H25N3O/c1-6-9-15-13(14-5)16-10-8-12(11(3)4)17-7-2/h1,11-12H,7-10H2,2-5H3,(H2,14,15,16). The molecule has 0 aromatic carbocycles. The molecule has 1 atom stereocenters. The molecule has 0 rings (SSSR count). The molecular formula is C13H25N3O. The van der Waals surface area contributed by atoms with Crippen molar-refractivity contribution in [2.45, 2.75) is 33.3 Å². The summed E-state index contributed by atoms with van der Waals surface area (Å²) >= 11 is 0. The summed E-state index contributed by atoms with van der Waals surface area (Å²) in [6, 6.07) is 0. The minimum atomic E-state index is 0.290. The van der Waals surface area contributed by atoms with E-state index in [2.05, 4.69) is 35.4 Å². The van der Waals surface area contributed by atoms with E-state index in [1.54, 1.807) is 7.05 Å². The van der Waals surface area contributed by atoms with E-state index in [0.717, 1.165) is 25.5 Å². The van der Waals surface area contributed by atoms with Gasteiger partial charge in [-0.05, 0) is 19.3 Å². The fourth-order valence-electron chi connectivity index (χ4n) is 1.51. The van der Waals surface area contributed by atoms with Crippen molar-refractivity contribution < 1.29 is 4.74 Å². The van der Waals surface area contributed by atoms with Crippen LogP contribution in [0.4, 0.5) is 0 Å². The van der Waals surface area contributed by atoms with E-state index in [-0.39, 0.29) is 0 Å². The zero-order chi connectivity index (χ0) is 13.1. The second-order valence-electron chi connectivity index (χ2n) is 4.08. The van der Waals surface area contributed by atoms with Crippen LogP contribution in [0.5, 0.6) is 0 Å². The lowest BCUT2D eigenvalue weighted by Gasteiger charge is -2.21. The smallest absolute Gasteiger partial charge is 0.191 e. The lowest BCUT2D eigenvalue weighted by atomic mass is 10.0. The minimum absolute atomic E-state index is 0.290. The Kier molecular flexibility index (Phi) is 9.27. The van der Waals surface area contributed by atoms with Crippen molar-refractivity contribution in [2.75, 3.05) is 26.7 Å². The maximum absolute atomic E-state index is 5.67. The number of hydrogen-bond acceptors (Lipinski definition) is 2. The Morgan fingerprint density at radius 2 is 2.12 bits per heavy atom. The molecule has 0 bridgehead atoms. The Balaban J connectivity index is 3.90. The van der Waals surface area contributed by atoms with Crippen LogP contribution in [0.2, 0.25) is 0 Å². The fraction of sp³-hybridized carbons (Fsp3) is 0.769. The van der Waals surface area contributed by atoms with Gasteiger partial charge in [0.25, 0.3) is 0 Å². The van der Waals surface area contributed by atoms with Gasteiger partial charge in [-0.15, -0.1) is 6.42 Å². The van der Waals surface area contributed by atoms with E-state index in [9.17, 15) is 0 Å². The number of rotatable bonds is 7. The summed E-state index contributed by atoms with van der Waals surface area (Å²) in [6.07, 6.45) is 6.42. The van der Waals surface area contributed by atoms with Gasteiger partial charge in [0.15, 0.2) is 5.96 Å². The molecule has 0 saturated heterocycles. The first-order valence-corrected chi connectivity index (χ1v) is 6.15. The van der Waals surface area contributed by atoms with Gasteiger partial charge in [0.05, 0.1) is 12.6 Å². The number of nitrogens with one attached hydrogen (secondary N) is 2. The Labute approximate surface area is 105 Å². The maximum atomic E-state index is 5.67. The summed E-state index contributed by atoms with van der Waals surface area (Å²) < 4.78 is 5.67. The van der Waals surface area contributed by atoms with Crippen molar-refractivity contribution >= 4 is 5.96 Å². The lowest BCUT2D eigenvalue weighted by molar-refractivity contribution is 0.0258. The summed E-state index contributed by atoms with van der Waals surface area (Å²) in [7, 11) is 1.73. The molecule has 0 aliphatic heterocycles. The van der Waals surface area contributed by atoms with Crippen LogP contribution in [0.15, 0.2) is 4.99 Å². The van der Waals surface area contributed by atoms with Gasteiger partial charge in [-0.3, -0.25) is 4.99 Å². The largest absolute Gasteiger partial charge is 0.378 e. The predicted molar refractivity (Wildman–Crippen MR) is 73.1 cm³/mol. The molecule has 0 fully saturated rings. The first-order valence-electron chi connectivity index (χ1n) is 6.15. The van der Waals surface area contributed by atoms with Crippen LogP contribution < -0.4 is 10.6 Å². The molecule has 0 heterocycles. The van der Waals surface area contributed by atoms with Crippen LogP contribution in [0.25, 0.3) is 0 Å². The van der Waals surface area contributed by atoms with E-state index < -0.39 is 0 Å². The highest BCUT2D eigenvalue weighted by molar-refractivity contribution is 5.79. The SMILES string of the molecule is C#CCNC(=NC)NCCC(OCC)C(C)C. The number of nitrogens with zero attached hydrogens (tertiary/aromatic N) is 1. The summed E-state index contributed by atoms with van der Waals surface area (Å²) in [6.45, 7) is 8.44. The van der Waals surface area contributed by atoms with Crippen molar-refractivity contribution in [3.63, 3.8) is 0 Å². The normalized spacial score (nSPS) is 13.3. The number of hydrogen-bond donors (Lipinski definition) is 2. The van der Waals surface area contributed by atoms with Crippen LogP contribution >= 0.6 is 0 Å². The van der Waals surface area contributed by atoms with Crippen molar-refractivity contribution in [3.05, 3.63) is 0 Å². The van der Waals surface area contributed by atoms with Crippen molar-refractivity contribution in [2.24, 2.45) is 10.9 Å². The van der Waals surface area contributed by atoms with Crippen LogP contribution in [0, 0.1) is 18.3 Å². The van der Waals surface area contributed by atoms with Crippen LogP contribution in [0.3, 0.4) is 0 Å². The number of ether oxygens (including phenoxy) is 1. The topological polar surface area (TPSA) is 45.7 Å². The van der Waals surface area contributed by atoms with Crippen LogP contribution in [-0.4, -0.2) is 38.8 Å². The monoisotopic (exact) mass is 239 g/mol. The Bertz CT molecular complexity index is 256. The third-order valence-corrected chi connectivity index (χ3v) is 2.43. The third kappa shape index (κ3) is 7.64. The van der Waals surface area contributed by atoms with E-state index >= 15 is 0 Å². The van der Waals surface area contributed by atoms with Gasteiger partial charge in [0.1, 0.15) is 0 Å². The van der Waals surface area contributed by atoms with Gasteiger partial charge in [0, 0.05) is 20.2 Å². The van der Waals surface area contributed by atoms with Gasteiger partial charge in [-0.1, -0.05) is 19.8 Å². The molecule has 98 valence electrons. The molecular weight excluding hydrogens is 214 g/mol. The Morgan fingerprint density at radius 1 is 1.41 bits per heavy atom. The van der Waals surface area contributed by atoms with Crippen LogP contribution in [0.1, 0.15) is 27.2 Å². The number of guanidine groups is 1. The van der Waals surface area contributed by atoms with Gasteiger partial charge < -0.3 is 15.4 Å². The molecule has 0 aromatic rings. The summed E-state index contributed by atoms with van der Waals surface area (Å²) in [5.41, 5.74) is 0. The molecule has 1 unspecified atom stereocenters. The third-order valence-electron chi connectivity index (χ3n) is 2.43. The summed E-state index contributed by atoms with van der Waals surface area (Å²) in [5.74, 6) is 3.78. The van der Waals surface area contributed by atoms with Crippen molar-refractivity contribution in [1.82, 2.24) is 10.6 Å². The quantitative estimate of drug-likeness (QED) is 0.399. The molecule has 0 aliphatic rings. The van der Waals surface area contributed by atoms with E-state index in [1.165, 1.54) is 0 Å². The molecule has 0 radical (unpaired) electrons. The second-order valence-corrected chi connectivity index (χ2v) is 4.08. The first-order chi connectivity index (χ1) is 8.15. The summed E-state index contributed by atoms with van der Waals surface area (Å²) in [4.78, 5) is 4.07. The maximum Gasteiger partial charge on any atom is 0.191 e. The minimum Gasteiger partial charge on any atom is -0.378 e. The molecule has 17 heavy (non-hydrogen) atoms. The first kappa shape index (κ1) is 15.8. The highest BCUT2D eigenvalue weighted by atomic mass is 16.5. The molecule has 0 amide bonds. The van der Waals surface area contributed by atoms with Crippen molar-refractivity contribution in [1.29, 1.82) is 0 Å². The average molecular weight is 239 g/mol. The molecule has 0 saturated carbocycles. The highest BCUT2D eigenvalue weighted by Crippen LogP contribution is 2.09. The Morgan fingerprint density at radius 3 is 2.59 bits per heavy atom. The van der Waals surface area contributed by atoms with Gasteiger partial charge in [0.2, 0.25) is 0 Å². The van der Waals surface area contributed by atoms with E-state index in [0.29, 0.717) is 18.6 Å². The molecule has 0 aromatic heterocycles. The van der Waals surface area contributed by atoms with E-state index in [4.69, 9.17) is 11.2 Å². The van der Waals surface area contributed by atoms with Gasteiger partial charge >= 0.3 is 0 Å². The Hall–Kier alpha value is -1.21. The zero-order valence-corrected chi connectivity index (χ0v) is 11.4. The second kappa shape index (κ2) is 9.98. The molecule has 2 N–H and O–H groups in total. The van der Waals surface area contributed by atoms with Gasteiger partial charge in [-0.2, -0.15) is 0 Å². The zero-order valence-electron chi connectivity index (χ0n) is 11.4. The predicted octanol–water partition coefficient (Wildman–Crippen LogP) is 1.24. The molecule has 4 nitrogen and oxygen atoms in total. The van der Waals surface area contributed by atoms with E-state index in [1.807, 2.05) is 6.92 Å². The summed E-state index contributed by atoms with van der Waals surface area (Å²) in [5, 5.41) is 6.23. The fourth-order valence-corrected chi connectivity index (χ4v) is 1.51. The van der Waals surface area contributed by atoms with Crippen molar-refractivity contribution in [3.8, 4) is 12.3 Å². The number of terminal acetylenes is 1. The molecule has 0 spiro atoms. The molecule has 4 heteroatoms. The number of aliphatic imine (C=N–C) groups is 1. The highest BCUT2D eigenvalue weighted by Gasteiger charge is 2.12. The van der Waals surface area contributed by atoms with Gasteiger partial charge in [-0.25, -0.2) is 0 Å².